The minimum atomic E-state index is -0.747. The van der Waals surface area contributed by atoms with Gasteiger partial charge in [0.2, 0.25) is 5.90 Å². The summed E-state index contributed by atoms with van der Waals surface area (Å²) in [5, 5.41) is 10.8. The van der Waals surface area contributed by atoms with Crippen molar-refractivity contribution in [2.45, 2.75) is 0 Å². The molecule has 1 aliphatic heterocycles. The van der Waals surface area contributed by atoms with E-state index in [1.54, 1.807) is 18.2 Å². The first-order valence-corrected chi connectivity index (χ1v) is 9.24. The van der Waals surface area contributed by atoms with Gasteiger partial charge in [-0.3, -0.25) is 10.1 Å². The number of hydrogen-bond acceptors (Lipinski definition) is 7. The molecule has 1 heterocycles. The maximum Gasteiger partial charge on any atom is 0.363 e. The summed E-state index contributed by atoms with van der Waals surface area (Å²) in [5.74, 6) is -1.69. The number of carbonyl (C=O) groups is 2. The van der Waals surface area contributed by atoms with Crippen molar-refractivity contribution >= 4 is 29.6 Å². The number of benzene rings is 3. The lowest BCUT2D eigenvalue weighted by molar-refractivity contribution is -0.384. The summed E-state index contributed by atoms with van der Waals surface area (Å²) in [6.07, 6.45) is 1.47. The number of non-ortho nitro benzene ring substituents is 1. The summed E-state index contributed by atoms with van der Waals surface area (Å²) in [6.45, 7) is 0. The number of aliphatic imine (C=N–C) groups is 1. The van der Waals surface area contributed by atoms with Gasteiger partial charge in [0.1, 0.15) is 11.6 Å². The third-order valence-electron chi connectivity index (χ3n) is 4.38. The van der Waals surface area contributed by atoms with Gasteiger partial charge in [-0.15, -0.1) is 0 Å². The topological polar surface area (TPSA) is 108 Å². The molecule has 0 saturated heterocycles. The van der Waals surface area contributed by atoms with E-state index in [4.69, 9.17) is 9.47 Å². The zero-order valence-corrected chi connectivity index (χ0v) is 16.2. The van der Waals surface area contributed by atoms with Crippen LogP contribution in [-0.4, -0.2) is 22.8 Å². The van der Waals surface area contributed by atoms with Gasteiger partial charge in [-0.25, -0.2) is 19.0 Å². The van der Waals surface area contributed by atoms with E-state index in [1.165, 1.54) is 54.6 Å². The van der Waals surface area contributed by atoms with Crippen molar-refractivity contribution in [2.75, 3.05) is 0 Å². The molecular weight excluding hydrogens is 419 g/mol. The van der Waals surface area contributed by atoms with Gasteiger partial charge < -0.3 is 9.47 Å². The van der Waals surface area contributed by atoms with Gasteiger partial charge in [-0.1, -0.05) is 24.3 Å². The average Bonchev–Trinajstić information content (AvgIpc) is 3.15. The van der Waals surface area contributed by atoms with Gasteiger partial charge in [0, 0.05) is 17.7 Å². The van der Waals surface area contributed by atoms with E-state index in [0.717, 1.165) is 6.07 Å². The summed E-state index contributed by atoms with van der Waals surface area (Å²) in [4.78, 5) is 38.7. The van der Waals surface area contributed by atoms with Crippen molar-refractivity contribution in [3.05, 3.63) is 111 Å². The molecule has 0 amide bonds. The smallest absolute Gasteiger partial charge is 0.363 e. The maximum atomic E-state index is 13.4. The molecule has 1 aliphatic rings. The lowest BCUT2D eigenvalue weighted by Crippen LogP contribution is -2.08. The van der Waals surface area contributed by atoms with Crippen molar-refractivity contribution in [3.63, 3.8) is 0 Å². The largest absolute Gasteiger partial charge is 0.423 e. The molecule has 0 saturated carbocycles. The Hall–Kier alpha value is -4.66. The number of carbonyl (C=O) groups excluding carboxylic acids is 2. The molecule has 0 fully saturated rings. The molecule has 0 bridgehead atoms. The van der Waals surface area contributed by atoms with E-state index in [1.807, 2.05) is 0 Å². The molecule has 0 radical (unpaired) electrons. The van der Waals surface area contributed by atoms with Crippen LogP contribution in [-0.2, 0) is 9.53 Å². The fourth-order valence-corrected chi connectivity index (χ4v) is 2.86. The molecule has 0 aliphatic carbocycles. The number of cyclic esters (lactones) is 1. The van der Waals surface area contributed by atoms with Crippen LogP contribution in [0, 0.1) is 15.9 Å². The van der Waals surface area contributed by atoms with E-state index in [2.05, 4.69) is 4.99 Å². The highest BCUT2D eigenvalue weighted by atomic mass is 19.1. The first-order chi connectivity index (χ1) is 15.4. The van der Waals surface area contributed by atoms with Gasteiger partial charge >= 0.3 is 11.9 Å². The van der Waals surface area contributed by atoms with Crippen LogP contribution in [0.4, 0.5) is 10.1 Å². The molecule has 0 spiro atoms. The molecule has 3 aromatic rings. The number of rotatable bonds is 5. The third kappa shape index (κ3) is 4.57. The van der Waals surface area contributed by atoms with Gasteiger partial charge in [0.05, 0.1) is 10.5 Å². The van der Waals surface area contributed by atoms with Crippen molar-refractivity contribution in [1.82, 2.24) is 0 Å². The molecule has 32 heavy (non-hydrogen) atoms. The second-order valence-corrected chi connectivity index (χ2v) is 6.61. The maximum absolute atomic E-state index is 13.4. The van der Waals surface area contributed by atoms with E-state index < -0.39 is 22.7 Å². The van der Waals surface area contributed by atoms with Gasteiger partial charge in [0.15, 0.2) is 5.70 Å². The van der Waals surface area contributed by atoms with Crippen LogP contribution in [0.5, 0.6) is 5.75 Å². The van der Waals surface area contributed by atoms with E-state index in [9.17, 15) is 24.1 Å². The van der Waals surface area contributed by atoms with Crippen molar-refractivity contribution in [1.29, 1.82) is 0 Å². The van der Waals surface area contributed by atoms with Crippen LogP contribution < -0.4 is 4.74 Å². The molecule has 0 aromatic heterocycles. The fourth-order valence-electron chi connectivity index (χ4n) is 2.86. The number of nitro groups is 1. The molecule has 3 aromatic carbocycles. The number of esters is 2. The Morgan fingerprint density at radius 2 is 1.81 bits per heavy atom. The van der Waals surface area contributed by atoms with Gasteiger partial charge in [0.25, 0.3) is 5.69 Å². The minimum Gasteiger partial charge on any atom is -0.423 e. The van der Waals surface area contributed by atoms with Crippen molar-refractivity contribution in [3.8, 4) is 5.75 Å². The summed E-state index contributed by atoms with van der Waals surface area (Å²) < 4.78 is 23.7. The quantitative estimate of drug-likeness (QED) is 0.196. The number of halogens is 1. The minimum absolute atomic E-state index is 0.00301. The Bertz CT molecular complexity index is 1300. The molecule has 0 N–H and O–H groups in total. The second kappa shape index (κ2) is 8.60. The normalized spacial score (nSPS) is 14.1. The van der Waals surface area contributed by atoms with E-state index in [0.29, 0.717) is 11.1 Å². The first kappa shape index (κ1) is 20.6. The van der Waals surface area contributed by atoms with Crippen LogP contribution >= 0.6 is 0 Å². The van der Waals surface area contributed by atoms with Crippen LogP contribution in [0.1, 0.15) is 21.5 Å². The van der Waals surface area contributed by atoms with Gasteiger partial charge in [-0.05, 0) is 48.0 Å². The van der Waals surface area contributed by atoms with Crippen molar-refractivity contribution in [2.24, 2.45) is 4.99 Å². The highest BCUT2D eigenvalue weighted by Gasteiger charge is 2.24. The average molecular weight is 432 g/mol. The summed E-state index contributed by atoms with van der Waals surface area (Å²) in [7, 11) is 0. The van der Waals surface area contributed by atoms with Crippen LogP contribution in [0.15, 0.2) is 83.5 Å². The predicted molar refractivity (Wildman–Crippen MR) is 112 cm³/mol. The monoisotopic (exact) mass is 432 g/mol. The summed E-state index contributed by atoms with van der Waals surface area (Å²) in [6, 6.07) is 16.9. The van der Waals surface area contributed by atoms with E-state index in [-0.39, 0.29) is 28.6 Å². The highest BCUT2D eigenvalue weighted by molar-refractivity contribution is 6.12. The number of nitro benzene ring substituents is 1. The standard InChI is InChI=1S/C23H13FN2O6/c24-17-5-1-3-15(12-17)21-25-20(23(28)32-21)11-14-7-9-19(10-8-14)31-22(27)16-4-2-6-18(13-16)26(29)30/h1-13H/b20-11-. The molecule has 158 valence electrons. The number of ether oxygens (including phenoxy) is 2. The molecule has 9 heteroatoms. The summed E-state index contributed by atoms with van der Waals surface area (Å²) >= 11 is 0. The highest BCUT2D eigenvalue weighted by Crippen LogP contribution is 2.22. The van der Waals surface area contributed by atoms with Gasteiger partial charge in [-0.2, -0.15) is 0 Å². The fraction of sp³-hybridized carbons (Fsp3) is 0. The van der Waals surface area contributed by atoms with Crippen LogP contribution in [0.25, 0.3) is 6.08 Å². The zero-order chi connectivity index (χ0) is 22.7. The summed E-state index contributed by atoms with van der Waals surface area (Å²) in [5.41, 5.74) is 0.772. The Kier molecular flexibility index (Phi) is 5.54. The Labute approximate surface area is 180 Å². The molecule has 0 atom stereocenters. The van der Waals surface area contributed by atoms with Crippen LogP contribution in [0.3, 0.4) is 0 Å². The number of hydrogen-bond donors (Lipinski definition) is 0. The second-order valence-electron chi connectivity index (χ2n) is 6.61. The lowest BCUT2D eigenvalue weighted by Gasteiger charge is -2.04. The Morgan fingerprint density at radius 1 is 1.06 bits per heavy atom. The van der Waals surface area contributed by atoms with Crippen molar-refractivity contribution < 1.29 is 28.4 Å². The third-order valence-corrected chi connectivity index (χ3v) is 4.38. The molecule has 8 nitrogen and oxygen atoms in total. The lowest BCUT2D eigenvalue weighted by atomic mass is 10.2. The van der Waals surface area contributed by atoms with E-state index >= 15 is 0 Å². The Balaban J connectivity index is 1.48. The Morgan fingerprint density at radius 3 is 2.53 bits per heavy atom. The molecular formula is C23H13FN2O6. The van der Waals surface area contributed by atoms with Crippen LogP contribution in [0.2, 0.25) is 0 Å². The molecule has 0 unspecified atom stereocenters. The first-order valence-electron chi connectivity index (χ1n) is 9.24. The molecule has 4 rings (SSSR count). The predicted octanol–water partition coefficient (Wildman–Crippen LogP) is 4.30. The SMILES string of the molecule is O=C1OC(c2cccc(F)c2)=N/C1=C\c1ccc(OC(=O)c2cccc([N+](=O)[O-])c2)cc1. The number of nitrogens with zero attached hydrogens (tertiary/aromatic N) is 2. The zero-order valence-electron chi connectivity index (χ0n) is 16.2.